The van der Waals surface area contributed by atoms with Crippen molar-refractivity contribution in [3.8, 4) is 0 Å². The molecule has 2 unspecified atom stereocenters. The summed E-state index contributed by atoms with van der Waals surface area (Å²) in [5.74, 6) is 0.248. The number of alkyl halides is 1. The number of halogens is 2. The van der Waals surface area contributed by atoms with Gasteiger partial charge >= 0.3 is 0 Å². The lowest BCUT2D eigenvalue weighted by atomic mass is 9.83. The van der Waals surface area contributed by atoms with E-state index in [1.165, 1.54) is 0 Å². The second-order valence-corrected chi connectivity index (χ2v) is 5.10. The first-order chi connectivity index (χ1) is 7.16. The van der Waals surface area contributed by atoms with Crippen molar-refractivity contribution in [3.05, 3.63) is 35.1 Å². The topological polar surface area (TPSA) is 0 Å². The standard InChI is InChI=1S/C13H16ClF/c1-9-5-6-13(15)12(7-9)10-3-2-4-11(14)8-10/h5-7,10-11H,2-4,8H2,1H3. The van der Waals surface area contributed by atoms with Gasteiger partial charge in [-0.1, -0.05) is 24.1 Å². The smallest absolute Gasteiger partial charge is 0.126 e. The van der Waals surface area contributed by atoms with Gasteiger partial charge in [-0.3, -0.25) is 0 Å². The minimum absolute atomic E-state index is 0.0728. The number of benzene rings is 1. The first-order valence-corrected chi connectivity index (χ1v) is 6.00. The van der Waals surface area contributed by atoms with Crippen molar-refractivity contribution in [1.29, 1.82) is 0 Å². The second kappa shape index (κ2) is 4.52. The lowest BCUT2D eigenvalue weighted by Crippen LogP contribution is -2.15. The molecule has 0 bridgehead atoms. The average molecular weight is 227 g/mol. The van der Waals surface area contributed by atoms with E-state index in [1.807, 2.05) is 19.1 Å². The molecule has 1 aromatic rings. The molecular weight excluding hydrogens is 211 g/mol. The van der Waals surface area contributed by atoms with Crippen LogP contribution in [0.2, 0.25) is 0 Å². The molecule has 2 heteroatoms. The molecule has 1 aromatic carbocycles. The predicted molar refractivity (Wildman–Crippen MR) is 62.0 cm³/mol. The number of hydrogen-bond acceptors (Lipinski definition) is 0. The molecule has 2 rings (SSSR count). The molecule has 1 aliphatic rings. The molecule has 0 aromatic heterocycles. The molecule has 1 saturated carbocycles. The third-order valence-corrected chi connectivity index (χ3v) is 3.60. The Morgan fingerprint density at radius 3 is 2.87 bits per heavy atom. The molecule has 82 valence electrons. The summed E-state index contributed by atoms with van der Waals surface area (Å²) in [6, 6.07) is 5.36. The van der Waals surface area contributed by atoms with Crippen LogP contribution >= 0.6 is 11.6 Å². The van der Waals surface area contributed by atoms with Crippen molar-refractivity contribution in [1.82, 2.24) is 0 Å². The third kappa shape index (κ3) is 2.52. The van der Waals surface area contributed by atoms with Crippen LogP contribution in [0.4, 0.5) is 4.39 Å². The maximum absolute atomic E-state index is 13.6. The molecule has 1 aliphatic carbocycles. The Bertz CT molecular complexity index is 348. The highest BCUT2D eigenvalue weighted by Crippen LogP contribution is 2.36. The van der Waals surface area contributed by atoms with E-state index in [9.17, 15) is 4.39 Å². The molecule has 1 fully saturated rings. The molecule has 0 nitrogen and oxygen atoms in total. The summed E-state index contributed by atoms with van der Waals surface area (Å²) in [4.78, 5) is 0. The Kier molecular flexibility index (Phi) is 3.30. The zero-order chi connectivity index (χ0) is 10.8. The quantitative estimate of drug-likeness (QED) is 0.623. The molecule has 0 saturated heterocycles. The van der Waals surface area contributed by atoms with Crippen LogP contribution in [0.15, 0.2) is 18.2 Å². The van der Waals surface area contributed by atoms with Gasteiger partial charge in [-0.25, -0.2) is 4.39 Å². The highest BCUT2D eigenvalue weighted by Gasteiger charge is 2.23. The Morgan fingerprint density at radius 1 is 1.33 bits per heavy atom. The van der Waals surface area contributed by atoms with Crippen molar-refractivity contribution in [2.45, 2.75) is 43.9 Å². The summed E-state index contributed by atoms with van der Waals surface area (Å²) < 4.78 is 13.6. The molecule has 0 spiro atoms. The van der Waals surface area contributed by atoms with Gasteiger partial charge in [-0.15, -0.1) is 11.6 Å². The minimum atomic E-state index is -0.0728. The second-order valence-electron chi connectivity index (χ2n) is 4.49. The van der Waals surface area contributed by atoms with E-state index in [0.29, 0.717) is 5.92 Å². The molecule has 0 radical (unpaired) electrons. The van der Waals surface area contributed by atoms with E-state index < -0.39 is 0 Å². The Morgan fingerprint density at radius 2 is 2.13 bits per heavy atom. The first-order valence-electron chi connectivity index (χ1n) is 5.57. The highest BCUT2D eigenvalue weighted by atomic mass is 35.5. The average Bonchev–Trinajstić information content (AvgIpc) is 2.22. The van der Waals surface area contributed by atoms with E-state index in [1.54, 1.807) is 6.07 Å². The fraction of sp³-hybridized carbons (Fsp3) is 0.538. The van der Waals surface area contributed by atoms with Crippen LogP contribution in [0, 0.1) is 12.7 Å². The lowest BCUT2D eigenvalue weighted by molar-refractivity contribution is 0.435. The minimum Gasteiger partial charge on any atom is -0.207 e. The SMILES string of the molecule is Cc1ccc(F)c(C2CCCC(Cl)C2)c1. The Balaban J connectivity index is 2.24. The molecular formula is C13H16ClF. The van der Waals surface area contributed by atoms with Crippen LogP contribution in [0.25, 0.3) is 0 Å². The van der Waals surface area contributed by atoms with Gasteiger partial charge in [0.05, 0.1) is 0 Å². The van der Waals surface area contributed by atoms with E-state index in [4.69, 9.17) is 11.6 Å². The van der Waals surface area contributed by atoms with Gasteiger partial charge in [0.25, 0.3) is 0 Å². The summed E-state index contributed by atoms with van der Waals surface area (Å²) >= 11 is 6.13. The number of hydrogen-bond donors (Lipinski definition) is 0. The van der Waals surface area contributed by atoms with E-state index in [2.05, 4.69) is 0 Å². The van der Waals surface area contributed by atoms with Crippen LogP contribution in [0.1, 0.15) is 42.7 Å². The summed E-state index contributed by atoms with van der Waals surface area (Å²) in [6.07, 6.45) is 4.18. The van der Waals surface area contributed by atoms with Crippen molar-refractivity contribution in [3.63, 3.8) is 0 Å². The fourth-order valence-electron chi connectivity index (χ4n) is 2.39. The third-order valence-electron chi connectivity index (χ3n) is 3.20. The zero-order valence-electron chi connectivity index (χ0n) is 8.97. The maximum atomic E-state index is 13.6. The molecule has 15 heavy (non-hydrogen) atoms. The summed E-state index contributed by atoms with van der Waals surface area (Å²) in [5.41, 5.74) is 1.99. The van der Waals surface area contributed by atoms with Crippen LogP contribution in [-0.2, 0) is 0 Å². The molecule has 0 aliphatic heterocycles. The largest absolute Gasteiger partial charge is 0.207 e. The first kappa shape index (κ1) is 10.9. The molecule has 0 N–H and O–H groups in total. The van der Waals surface area contributed by atoms with Gasteiger partial charge in [0.1, 0.15) is 5.82 Å². The van der Waals surface area contributed by atoms with E-state index in [-0.39, 0.29) is 11.2 Å². The van der Waals surface area contributed by atoms with E-state index >= 15 is 0 Å². The summed E-state index contributed by atoms with van der Waals surface area (Å²) in [5, 5.41) is 0.226. The number of rotatable bonds is 1. The molecule has 2 atom stereocenters. The van der Waals surface area contributed by atoms with Gasteiger partial charge in [-0.2, -0.15) is 0 Å². The summed E-state index contributed by atoms with van der Waals surface area (Å²) in [7, 11) is 0. The summed E-state index contributed by atoms with van der Waals surface area (Å²) in [6.45, 7) is 2.00. The Labute approximate surface area is 95.4 Å². The van der Waals surface area contributed by atoms with Gasteiger partial charge < -0.3 is 0 Å². The number of aryl methyl sites for hydroxylation is 1. The van der Waals surface area contributed by atoms with Crippen LogP contribution < -0.4 is 0 Å². The monoisotopic (exact) mass is 226 g/mol. The highest BCUT2D eigenvalue weighted by molar-refractivity contribution is 6.20. The van der Waals surface area contributed by atoms with Gasteiger partial charge in [0.15, 0.2) is 0 Å². The predicted octanol–water partition coefficient (Wildman–Crippen LogP) is 4.40. The zero-order valence-corrected chi connectivity index (χ0v) is 9.73. The van der Waals surface area contributed by atoms with Crippen molar-refractivity contribution in [2.24, 2.45) is 0 Å². The van der Waals surface area contributed by atoms with Crippen LogP contribution in [-0.4, -0.2) is 5.38 Å². The van der Waals surface area contributed by atoms with Gasteiger partial charge in [-0.05, 0) is 43.7 Å². The van der Waals surface area contributed by atoms with Crippen molar-refractivity contribution < 1.29 is 4.39 Å². The maximum Gasteiger partial charge on any atom is 0.126 e. The van der Waals surface area contributed by atoms with Gasteiger partial charge in [0.2, 0.25) is 0 Å². The van der Waals surface area contributed by atoms with Crippen LogP contribution in [0.3, 0.4) is 0 Å². The van der Waals surface area contributed by atoms with Gasteiger partial charge in [0, 0.05) is 5.38 Å². The molecule has 0 heterocycles. The van der Waals surface area contributed by atoms with Crippen molar-refractivity contribution >= 4 is 11.6 Å². The van der Waals surface area contributed by atoms with Crippen molar-refractivity contribution in [2.75, 3.05) is 0 Å². The molecule has 0 amide bonds. The normalized spacial score (nSPS) is 26.6. The Hall–Kier alpha value is -0.560. The lowest BCUT2D eigenvalue weighted by Gasteiger charge is -2.26. The van der Waals surface area contributed by atoms with Crippen LogP contribution in [0.5, 0.6) is 0 Å². The fourth-order valence-corrected chi connectivity index (χ4v) is 2.76. The van der Waals surface area contributed by atoms with E-state index in [0.717, 1.165) is 36.8 Å².